The maximum absolute atomic E-state index is 12.6. The fourth-order valence-corrected chi connectivity index (χ4v) is 5.77. The van der Waals surface area contributed by atoms with E-state index in [2.05, 4.69) is 13.8 Å². The first-order chi connectivity index (χ1) is 18.5. The summed E-state index contributed by atoms with van der Waals surface area (Å²) in [6.45, 7) is 4.90. The van der Waals surface area contributed by atoms with E-state index in [1.807, 2.05) is 0 Å². The van der Waals surface area contributed by atoms with Crippen molar-refractivity contribution in [3.05, 3.63) is 35.4 Å². The largest absolute Gasteiger partial charge is 0.462 e. The molecule has 0 spiro atoms. The number of aliphatic hydroxyl groups is 2. The Bertz CT molecular complexity index is 684. The molecule has 2 atom stereocenters. The van der Waals surface area contributed by atoms with E-state index in [4.69, 9.17) is 9.47 Å². The summed E-state index contributed by atoms with van der Waals surface area (Å²) < 4.78 is 10.8. The zero-order valence-electron chi connectivity index (χ0n) is 23.5. The van der Waals surface area contributed by atoms with E-state index >= 15 is 0 Å². The van der Waals surface area contributed by atoms with Crippen molar-refractivity contribution in [3.8, 4) is 0 Å². The van der Waals surface area contributed by atoms with Crippen molar-refractivity contribution in [3.63, 3.8) is 0 Å². The quantitative estimate of drug-likeness (QED) is 0.102. The normalized spacial score (nSPS) is 12.7. The lowest BCUT2D eigenvalue weighted by Crippen LogP contribution is -2.15. The Hall–Kier alpha value is -1.22. The van der Waals surface area contributed by atoms with Crippen LogP contribution in [0.3, 0.4) is 0 Å². The van der Waals surface area contributed by atoms with Gasteiger partial charge in [-0.15, -0.1) is 0 Å². The van der Waals surface area contributed by atoms with Crippen LogP contribution in [0.15, 0.2) is 24.3 Å². The first kappa shape index (κ1) is 34.8. The van der Waals surface area contributed by atoms with Gasteiger partial charge in [-0.05, 0) is 73.7 Å². The van der Waals surface area contributed by atoms with Crippen LogP contribution in [-0.2, 0) is 9.47 Å². The molecule has 8 heteroatoms. The molecule has 2 N–H and O–H groups in total. The highest BCUT2D eigenvalue weighted by atomic mass is 32.2. The van der Waals surface area contributed by atoms with E-state index in [0.29, 0.717) is 13.2 Å². The third kappa shape index (κ3) is 17.4. The Labute approximate surface area is 239 Å². The first-order valence-electron chi connectivity index (χ1n) is 14.4. The Morgan fingerprint density at radius 1 is 0.658 bits per heavy atom. The molecule has 1 rings (SSSR count). The number of aliphatic hydroxyl groups excluding tert-OH is 2. The Morgan fingerprint density at radius 2 is 1.08 bits per heavy atom. The molecule has 0 amide bonds. The highest BCUT2D eigenvalue weighted by Gasteiger charge is 2.19. The number of esters is 2. The summed E-state index contributed by atoms with van der Waals surface area (Å²) in [7, 11) is 0. The molecule has 0 saturated heterocycles. The highest BCUT2D eigenvalue weighted by molar-refractivity contribution is 7.99. The monoisotopic (exact) mass is 570 g/mol. The predicted octanol–water partition coefficient (Wildman–Crippen LogP) is 6.91. The number of unbranched alkanes of at least 4 members (excludes halogenated alkanes) is 4. The summed E-state index contributed by atoms with van der Waals surface area (Å²) in [4.78, 5) is 25.1. The van der Waals surface area contributed by atoms with E-state index in [0.717, 1.165) is 87.2 Å². The lowest BCUT2D eigenvalue weighted by atomic mass is 10.1. The van der Waals surface area contributed by atoms with Gasteiger partial charge in [0.2, 0.25) is 0 Å². The van der Waals surface area contributed by atoms with Gasteiger partial charge in [0.1, 0.15) is 0 Å². The van der Waals surface area contributed by atoms with Crippen molar-refractivity contribution >= 4 is 35.5 Å². The SMILES string of the molecule is CCCCCC(O)CCSCCCOC(=O)c1ccccc1C(=O)OCCCSCCC(O)CCCCC. The molecular weight excluding hydrogens is 520 g/mol. The van der Waals surface area contributed by atoms with Gasteiger partial charge < -0.3 is 19.7 Å². The lowest BCUT2D eigenvalue weighted by molar-refractivity contribution is 0.0459. The lowest BCUT2D eigenvalue weighted by Gasteiger charge is -2.11. The average molecular weight is 571 g/mol. The van der Waals surface area contributed by atoms with Crippen LogP contribution in [0.4, 0.5) is 0 Å². The molecular formula is C30H50O6S2. The van der Waals surface area contributed by atoms with Crippen LogP contribution in [-0.4, -0.2) is 70.6 Å². The van der Waals surface area contributed by atoms with Crippen LogP contribution < -0.4 is 0 Å². The average Bonchev–Trinajstić information content (AvgIpc) is 2.92. The van der Waals surface area contributed by atoms with E-state index < -0.39 is 11.9 Å². The van der Waals surface area contributed by atoms with Crippen molar-refractivity contribution in [1.82, 2.24) is 0 Å². The third-order valence-electron chi connectivity index (χ3n) is 6.17. The fraction of sp³-hybridized carbons (Fsp3) is 0.733. The molecule has 0 aromatic heterocycles. The molecule has 0 heterocycles. The molecule has 1 aromatic carbocycles. The van der Waals surface area contributed by atoms with Crippen molar-refractivity contribution in [2.45, 2.75) is 103 Å². The van der Waals surface area contributed by atoms with Gasteiger partial charge in [-0.3, -0.25) is 0 Å². The molecule has 0 saturated carbocycles. The summed E-state index contributed by atoms with van der Waals surface area (Å²) in [6, 6.07) is 6.61. The molecule has 218 valence electrons. The number of rotatable bonds is 24. The second-order valence-corrected chi connectivity index (χ2v) is 12.1. The second-order valence-electron chi connectivity index (χ2n) is 9.63. The van der Waals surface area contributed by atoms with Gasteiger partial charge in [-0.25, -0.2) is 9.59 Å². The third-order valence-corrected chi connectivity index (χ3v) is 8.38. The van der Waals surface area contributed by atoms with Crippen molar-refractivity contribution in [2.24, 2.45) is 0 Å². The van der Waals surface area contributed by atoms with E-state index in [1.54, 1.807) is 47.8 Å². The van der Waals surface area contributed by atoms with Crippen molar-refractivity contribution in [1.29, 1.82) is 0 Å². The van der Waals surface area contributed by atoms with Gasteiger partial charge in [-0.2, -0.15) is 23.5 Å². The van der Waals surface area contributed by atoms with Gasteiger partial charge in [0.15, 0.2) is 0 Å². The van der Waals surface area contributed by atoms with Gasteiger partial charge in [-0.1, -0.05) is 64.5 Å². The standard InChI is InChI=1S/C30H50O6S2/c1-3-5-7-13-25(31)17-23-37-21-11-19-35-29(33)27-15-9-10-16-28(27)30(34)36-20-12-22-38-24-18-26(32)14-8-6-4-2/h9-10,15-16,25-26,31-32H,3-8,11-14,17-24H2,1-2H3. The minimum atomic E-state index is -0.512. The fourth-order valence-electron chi connectivity index (χ4n) is 3.84. The Morgan fingerprint density at radius 3 is 1.47 bits per heavy atom. The Balaban J connectivity index is 2.21. The molecule has 0 radical (unpaired) electrons. The van der Waals surface area contributed by atoms with Crippen molar-refractivity contribution in [2.75, 3.05) is 36.2 Å². The summed E-state index contributed by atoms with van der Waals surface area (Å²) in [6.07, 6.45) is 11.2. The van der Waals surface area contributed by atoms with E-state index in [9.17, 15) is 19.8 Å². The number of carbonyl (C=O) groups excluding carboxylic acids is 2. The van der Waals surface area contributed by atoms with Crippen molar-refractivity contribution < 1.29 is 29.3 Å². The Kier molecular flexibility index (Phi) is 21.7. The summed E-state index contributed by atoms with van der Waals surface area (Å²) in [5.74, 6) is 2.48. The second kappa shape index (κ2) is 23.6. The van der Waals surface area contributed by atoms with Crippen LogP contribution in [0.25, 0.3) is 0 Å². The molecule has 6 nitrogen and oxygen atoms in total. The van der Waals surface area contributed by atoms with Gasteiger partial charge in [0.05, 0.1) is 36.5 Å². The number of hydrogen-bond acceptors (Lipinski definition) is 8. The smallest absolute Gasteiger partial charge is 0.339 e. The molecule has 0 fully saturated rings. The molecule has 2 unspecified atom stereocenters. The van der Waals surface area contributed by atoms with Crippen LogP contribution >= 0.6 is 23.5 Å². The molecule has 0 aliphatic rings. The number of benzene rings is 1. The van der Waals surface area contributed by atoms with E-state index in [1.165, 1.54) is 12.8 Å². The minimum Gasteiger partial charge on any atom is -0.462 e. The first-order valence-corrected chi connectivity index (χ1v) is 16.7. The number of hydrogen-bond donors (Lipinski definition) is 2. The maximum atomic E-state index is 12.6. The van der Waals surface area contributed by atoms with E-state index in [-0.39, 0.29) is 23.3 Å². The number of ether oxygens (including phenoxy) is 2. The number of carbonyl (C=O) groups is 2. The molecule has 0 aliphatic heterocycles. The summed E-state index contributed by atoms with van der Waals surface area (Å²) >= 11 is 3.52. The molecule has 0 aliphatic carbocycles. The van der Waals surface area contributed by atoms with Gasteiger partial charge in [0, 0.05) is 0 Å². The van der Waals surface area contributed by atoms with Gasteiger partial charge >= 0.3 is 11.9 Å². The summed E-state index contributed by atoms with van der Waals surface area (Å²) in [5.41, 5.74) is 0.457. The van der Waals surface area contributed by atoms with Crippen LogP contribution in [0, 0.1) is 0 Å². The zero-order chi connectivity index (χ0) is 27.8. The topological polar surface area (TPSA) is 93.1 Å². The summed E-state index contributed by atoms with van der Waals surface area (Å²) in [5, 5.41) is 19.9. The van der Waals surface area contributed by atoms with Gasteiger partial charge in [0.25, 0.3) is 0 Å². The predicted molar refractivity (Wildman–Crippen MR) is 160 cm³/mol. The van der Waals surface area contributed by atoms with Crippen LogP contribution in [0.5, 0.6) is 0 Å². The van der Waals surface area contributed by atoms with Crippen LogP contribution in [0.2, 0.25) is 0 Å². The molecule has 38 heavy (non-hydrogen) atoms. The van der Waals surface area contributed by atoms with Crippen LogP contribution in [0.1, 0.15) is 112 Å². The zero-order valence-corrected chi connectivity index (χ0v) is 25.2. The minimum absolute atomic E-state index is 0.221. The maximum Gasteiger partial charge on any atom is 0.339 e. The molecule has 1 aromatic rings. The highest BCUT2D eigenvalue weighted by Crippen LogP contribution is 2.15. The molecule has 0 bridgehead atoms. The number of thioether (sulfide) groups is 2.